The monoisotopic (exact) mass is 626 g/mol. The van der Waals surface area contributed by atoms with E-state index in [0.29, 0.717) is 23.1 Å². The molecule has 0 saturated heterocycles. The topological polar surface area (TPSA) is 47.9 Å². The zero-order chi connectivity index (χ0) is 21.8. The smallest absolute Gasteiger partial charge is 0.789 e. The Morgan fingerprint density at radius 2 is 1.45 bits per heavy atom. The van der Waals surface area contributed by atoms with E-state index >= 15 is 0 Å². The fraction of sp³-hybridized carbons (Fsp3) is 0. The second-order valence-electron chi connectivity index (χ2n) is 7.02. The van der Waals surface area contributed by atoms with Crippen LogP contribution < -0.4 is 4.74 Å². The molecule has 0 fully saturated rings. The Morgan fingerprint density at radius 3 is 2.24 bits per heavy atom. The van der Waals surface area contributed by atoms with Crippen LogP contribution in [0.2, 0.25) is 0 Å². The first-order chi connectivity index (χ1) is 15.8. The van der Waals surface area contributed by atoms with Crippen molar-refractivity contribution >= 4 is 12.6 Å². The Kier molecular flexibility index (Phi) is 7.23. The summed E-state index contributed by atoms with van der Waals surface area (Å²) in [6.45, 7) is 0. The standard InChI is InChI=1S/C27H18N3OS.Pt/c32-25-13-5-4-11-21(25)20-17-23(19-9-2-1-3-10-19)29-24(18-20)22-12-8-15-27(30-22)31-26-14-6-7-16-28-26;/h1-17,32H;/q-1;+2/p-1. The van der Waals surface area contributed by atoms with Crippen molar-refractivity contribution < 1.29 is 25.8 Å². The summed E-state index contributed by atoms with van der Waals surface area (Å²) in [4.78, 5) is 14.5. The number of benzene rings is 2. The molecule has 0 bridgehead atoms. The Bertz CT molecular complexity index is 1360. The molecule has 162 valence electrons. The van der Waals surface area contributed by atoms with Crippen molar-refractivity contribution in [2.45, 2.75) is 4.90 Å². The van der Waals surface area contributed by atoms with Gasteiger partial charge in [-0.15, -0.1) is 23.3 Å². The minimum atomic E-state index is 0. The van der Waals surface area contributed by atoms with Crippen molar-refractivity contribution in [2.24, 2.45) is 0 Å². The third kappa shape index (κ3) is 5.33. The van der Waals surface area contributed by atoms with Gasteiger partial charge < -0.3 is 17.4 Å². The number of hydrogen-bond donors (Lipinski definition) is 0. The van der Waals surface area contributed by atoms with Gasteiger partial charge in [0.1, 0.15) is 0 Å². The third-order valence-corrected chi connectivity index (χ3v) is 5.18. The number of ether oxygens (including phenoxy) is 1. The van der Waals surface area contributed by atoms with E-state index in [-0.39, 0.29) is 21.1 Å². The maximum atomic E-state index is 5.81. The summed E-state index contributed by atoms with van der Waals surface area (Å²) in [5.41, 5.74) is 4.91. The molecule has 0 aliphatic heterocycles. The Labute approximate surface area is 212 Å². The second kappa shape index (κ2) is 10.5. The molecule has 4 nitrogen and oxygen atoms in total. The quantitative estimate of drug-likeness (QED) is 0.168. The average molecular weight is 627 g/mol. The van der Waals surface area contributed by atoms with Crippen molar-refractivity contribution in [1.29, 1.82) is 0 Å². The molecule has 0 amide bonds. The fourth-order valence-electron chi connectivity index (χ4n) is 3.31. The number of rotatable bonds is 5. The molecule has 3 aromatic heterocycles. The SMILES string of the molecule is [Pt+2].[S-]c1ccccc1-c1[c-]c(-c2cccc(Oc3ccccn3)n2)nc(-c2ccccc2)c1. The molecule has 5 rings (SSSR count). The zero-order valence-corrected chi connectivity index (χ0v) is 20.4. The first-order valence-corrected chi connectivity index (χ1v) is 10.5. The molecule has 0 atom stereocenters. The van der Waals surface area contributed by atoms with Gasteiger partial charge in [0.05, 0.1) is 0 Å². The van der Waals surface area contributed by atoms with Crippen molar-refractivity contribution in [3.63, 3.8) is 0 Å². The van der Waals surface area contributed by atoms with Crippen molar-refractivity contribution in [3.8, 4) is 45.5 Å². The maximum Gasteiger partial charge on any atom is 2.00 e. The molecular weight excluding hydrogens is 609 g/mol. The average Bonchev–Trinajstić information content (AvgIpc) is 2.85. The maximum absolute atomic E-state index is 5.81. The Morgan fingerprint density at radius 1 is 0.697 bits per heavy atom. The van der Waals surface area contributed by atoms with Crippen molar-refractivity contribution in [1.82, 2.24) is 15.0 Å². The Hall–Kier alpha value is -3.40. The first-order valence-electron chi connectivity index (χ1n) is 10.1. The van der Waals surface area contributed by atoms with Crippen LogP contribution in [-0.4, -0.2) is 15.0 Å². The fourth-order valence-corrected chi connectivity index (χ4v) is 3.57. The first kappa shape index (κ1) is 22.8. The number of hydrogen-bond acceptors (Lipinski definition) is 5. The normalized spacial score (nSPS) is 10.3. The van der Waals surface area contributed by atoms with Gasteiger partial charge >= 0.3 is 21.1 Å². The second-order valence-corrected chi connectivity index (χ2v) is 7.46. The van der Waals surface area contributed by atoms with Crippen LogP contribution >= 0.6 is 0 Å². The molecule has 6 heteroatoms. The number of aromatic nitrogens is 3. The Balaban J connectivity index is 0.00000259. The van der Waals surface area contributed by atoms with Crippen molar-refractivity contribution in [3.05, 3.63) is 109 Å². The molecular formula is C27H17N3OPtS. The largest absolute Gasteiger partial charge is 2.00 e. The van der Waals surface area contributed by atoms with Crippen molar-refractivity contribution in [2.75, 3.05) is 0 Å². The van der Waals surface area contributed by atoms with E-state index in [2.05, 4.69) is 16.0 Å². The summed E-state index contributed by atoms with van der Waals surface area (Å²) in [6.07, 6.45) is 1.68. The predicted octanol–water partition coefficient (Wildman–Crippen LogP) is 6.37. The van der Waals surface area contributed by atoms with Gasteiger partial charge in [0, 0.05) is 29.3 Å². The summed E-state index contributed by atoms with van der Waals surface area (Å²) >= 11 is 5.56. The molecule has 0 radical (unpaired) electrons. The van der Waals surface area contributed by atoms with Gasteiger partial charge in [-0.3, -0.25) is 9.97 Å². The van der Waals surface area contributed by atoms with E-state index in [0.717, 1.165) is 27.3 Å². The summed E-state index contributed by atoms with van der Waals surface area (Å²) < 4.78 is 5.81. The number of pyridine rings is 3. The van der Waals surface area contributed by atoms with Crippen LogP contribution in [0.3, 0.4) is 0 Å². The van der Waals surface area contributed by atoms with Crippen LogP contribution in [-0.2, 0) is 33.7 Å². The van der Waals surface area contributed by atoms with Gasteiger partial charge in [-0.05, 0) is 17.7 Å². The van der Waals surface area contributed by atoms with Crippen LogP contribution in [0.5, 0.6) is 11.8 Å². The van der Waals surface area contributed by atoms with Crippen LogP contribution in [0.15, 0.2) is 108 Å². The van der Waals surface area contributed by atoms with Gasteiger partial charge in [-0.1, -0.05) is 72.8 Å². The van der Waals surface area contributed by atoms with Crippen LogP contribution in [0, 0.1) is 6.07 Å². The molecule has 0 saturated carbocycles. The predicted molar refractivity (Wildman–Crippen MR) is 127 cm³/mol. The summed E-state index contributed by atoms with van der Waals surface area (Å²) in [5.74, 6) is 0.916. The summed E-state index contributed by atoms with van der Waals surface area (Å²) in [7, 11) is 0. The molecule has 0 unspecified atom stereocenters. The summed E-state index contributed by atoms with van der Waals surface area (Å²) in [6, 6.07) is 34.3. The molecule has 0 spiro atoms. The van der Waals surface area contributed by atoms with E-state index in [9.17, 15) is 0 Å². The van der Waals surface area contributed by atoms with Crippen LogP contribution in [0.4, 0.5) is 0 Å². The van der Waals surface area contributed by atoms with Gasteiger partial charge in [-0.2, -0.15) is 0 Å². The molecule has 5 aromatic rings. The third-order valence-electron chi connectivity index (χ3n) is 4.83. The molecule has 0 aliphatic carbocycles. The number of nitrogens with zero attached hydrogens (tertiary/aromatic N) is 3. The minimum Gasteiger partial charge on any atom is -0.789 e. The van der Waals surface area contributed by atoms with E-state index in [1.54, 1.807) is 18.3 Å². The van der Waals surface area contributed by atoms with E-state index in [1.807, 2.05) is 84.9 Å². The molecule has 3 heterocycles. The zero-order valence-electron chi connectivity index (χ0n) is 17.3. The minimum absolute atomic E-state index is 0. The van der Waals surface area contributed by atoms with Gasteiger partial charge in [0.25, 0.3) is 0 Å². The van der Waals surface area contributed by atoms with Crippen LogP contribution in [0.25, 0.3) is 33.8 Å². The van der Waals surface area contributed by atoms with Gasteiger partial charge in [0.15, 0.2) is 0 Å². The summed E-state index contributed by atoms with van der Waals surface area (Å²) in [5, 5.41) is 0. The van der Waals surface area contributed by atoms with E-state index in [4.69, 9.17) is 22.3 Å². The molecule has 0 N–H and O–H groups in total. The van der Waals surface area contributed by atoms with E-state index in [1.165, 1.54) is 0 Å². The molecule has 33 heavy (non-hydrogen) atoms. The van der Waals surface area contributed by atoms with Gasteiger partial charge in [-0.25, -0.2) is 9.88 Å². The molecule has 0 aliphatic rings. The van der Waals surface area contributed by atoms with Gasteiger partial charge in [0.2, 0.25) is 11.8 Å². The van der Waals surface area contributed by atoms with E-state index < -0.39 is 0 Å². The molecule has 2 aromatic carbocycles. The van der Waals surface area contributed by atoms with Crippen LogP contribution in [0.1, 0.15) is 0 Å².